The van der Waals surface area contributed by atoms with E-state index in [9.17, 15) is 18.8 Å². The fraction of sp³-hybridized carbons (Fsp3) is 0.238. The van der Waals surface area contributed by atoms with E-state index in [4.69, 9.17) is 11.6 Å². The van der Waals surface area contributed by atoms with Gasteiger partial charge in [0.05, 0.1) is 6.54 Å². The van der Waals surface area contributed by atoms with Crippen LogP contribution in [0.2, 0.25) is 5.02 Å². The van der Waals surface area contributed by atoms with E-state index in [1.54, 1.807) is 38.1 Å². The van der Waals surface area contributed by atoms with Crippen molar-refractivity contribution in [2.75, 3.05) is 13.1 Å². The molecule has 9 heteroatoms. The van der Waals surface area contributed by atoms with Crippen LogP contribution in [0.5, 0.6) is 0 Å². The first-order valence-electron chi connectivity index (χ1n) is 9.40. The number of benzene rings is 2. The predicted molar refractivity (Wildman–Crippen MR) is 112 cm³/mol. The lowest BCUT2D eigenvalue weighted by atomic mass is 10.2. The summed E-state index contributed by atoms with van der Waals surface area (Å²) in [6.45, 7) is 4.08. The van der Waals surface area contributed by atoms with Crippen LogP contribution < -0.4 is 11.2 Å². The molecular formula is C21H20ClFN4O3. The number of aromatic nitrogens is 3. The van der Waals surface area contributed by atoms with Gasteiger partial charge in [-0.3, -0.25) is 14.2 Å². The molecular weight excluding hydrogens is 411 g/mol. The zero-order valence-corrected chi connectivity index (χ0v) is 17.3. The average molecular weight is 431 g/mol. The minimum atomic E-state index is -0.860. The highest BCUT2D eigenvalue weighted by Gasteiger charge is 2.24. The van der Waals surface area contributed by atoms with Crippen LogP contribution in [0.15, 0.2) is 58.1 Å². The lowest BCUT2D eigenvalue weighted by Gasteiger charge is -2.19. The molecule has 1 aromatic heterocycles. The minimum absolute atomic E-state index is 0.145. The second-order valence-corrected chi connectivity index (χ2v) is 6.93. The Morgan fingerprint density at radius 2 is 1.80 bits per heavy atom. The molecule has 3 rings (SSSR count). The Bertz CT molecular complexity index is 1200. The van der Waals surface area contributed by atoms with E-state index in [1.165, 1.54) is 29.2 Å². The smallest absolute Gasteiger partial charge is 0.338 e. The van der Waals surface area contributed by atoms with Crippen LogP contribution >= 0.6 is 11.6 Å². The number of hydrogen-bond acceptors (Lipinski definition) is 4. The molecule has 0 saturated carbocycles. The van der Waals surface area contributed by atoms with Crippen molar-refractivity contribution < 1.29 is 9.18 Å². The number of carbonyl (C=O) groups is 1. The van der Waals surface area contributed by atoms with Crippen LogP contribution in [0.4, 0.5) is 4.39 Å². The summed E-state index contributed by atoms with van der Waals surface area (Å²) >= 11 is 6.01. The molecule has 30 heavy (non-hydrogen) atoms. The van der Waals surface area contributed by atoms with Crippen molar-refractivity contribution in [2.45, 2.75) is 20.4 Å². The van der Waals surface area contributed by atoms with E-state index in [0.29, 0.717) is 23.7 Å². The van der Waals surface area contributed by atoms with Crippen LogP contribution in [-0.2, 0) is 6.54 Å². The van der Waals surface area contributed by atoms with Gasteiger partial charge in [0.1, 0.15) is 11.5 Å². The number of carbonyl (C=O) groups excluding carboxylic acids is 1. The van der Waals surface area contributed by atoms with Crippen LogP contribution in [-0.4, -0.2) is 38.2 Å². The van der Waals surface area contributed by atoms with E-state index >= 15 is 0 Å². The molecule has 0 aliphatic heterocycles. The second kappa shape index (κ2) is 9.04. The van der Waals surface area contributed by atoms with Crippen molar-refractivity contribution in [1.29, 1.82) is 0 Å². The van der Waals surface area contributed by atoms with Gasteiger partial charge in [0.2, 0.25) is 5.69 Å². The maximum absolute atomic E-state index is 14.4. The SMILES string of the molecule is CCN(CC)C(=O)c1nn(-c2ccccc2F)c(=O)n(Cc2cccc(Cl)c2)c1=O. The number of rotatable bonds is 6. The highest BCUT2D eigenvalue weighted by atomic mass is 35.5. The Morgan fingerprint density at radius 1 is 1.10 bits per heavy atom. The lowest BCUT2D eigenvalue weighted by molar-refractivity contribution is 0.0761. The fourth-order valence-electron chi connectivity index (χ4n) is 3.05. The van der Waals surface area contributed by atoms with E-state index < -0.39 is 28.7 Å². The third-order valence-corrected chi connectivity index (χ3v) is 4.86. The highest BCUT2D eigenvalue weighted by Crippen LogP contribution is 2.12. The molecule has 0 fully saturated rings. The van der Waals surface area contributed by atoms with Gasteiger partial charge >= 0.3 is 5.69 Å². The van der Waals surface area contributed by atoms with Gasteiger partial charge in [0, 0.05) is 18.1 Å². The number of para-hydroxylation sites is 1. The van der Waals surface area contributed by atoms with Gasteiger partial charge in [-0.1, -0.05) is 35.9 Å². The molecule has 3 aromatic rings. The molecule has 0 atom stereocenters. The zero-order valence-electron chi connectivity index (χ0n) is 16.5. The quantitative estimate of drug-likeness (QED) is 0.602. The molecule has 0 aliphatic carbocycles. The standard InChI is InChI=1S/C21H20ClFN4O3/c1-3-25(4-2)19(28)18-20(29)26(13-14-8-7-9-15(22)12-14)21(30)27(24-18)17-11-6-5-10-16(17)23/h5-12H,3-4,13H2,1-2H3. The van der Waals surface area contributed by atoms with E-state index in [-0.39, 0.29) is 12.2 Å². The van der Waals surface area contributed by atoms with Crippen LogP contribution in [0, 0.1) is 5.82 Å². The van der Waals surface area contributed by atoms with Crippen LogP contribution in [0.1, 0.15) is 29.9 Å². The third-order valence-electron chi connectivity index (χ3n) is 4.62. The summed E-state index contributed by atoms with van der Waals surface area (Å²) in [5.41, 5.74) is -1.74. The monoisotopic (exact) mass is 430 g/mol. The first kappa shape index (κ1) is 21.4. The number of halogens is 2. The van der Waals surface area contributed by atoms with Gasteiger partial charge in [0.25, 0.3) is 11.5 Å². The molecule has 0 saturated heterocycles. The summed E-state index contributed by atoms with van der Waals surface area (Å²) < 4.78 is 16.0. The number of amides is 1. The Labute approximate surface area is 176 Å². The summed E-state index contributed by atoms with van der Waals surface area (Å²) in [5.74, 6) is -1.34. The van der Waals surface area contributed by atoms with E-state index in [2.05, 4.69) is 5.10 Å². The molecule has 2 aromatic carbocycles. The maximum atomic E-state index is 14.4. The number of hydrogen-bond donors (Lipinski definition) is 0. The summed E-state index contributed by atoms with van der Waals surface area (Å²) in [5, 5.41) is 4.39. The molecule has 0 spiro atoms. The van der Waals surface area contributed by atoms with E-state index in [1.807, 2.05) is 0 Å². The molecule has 0 N–H and O–H groups in total. The van der Waals surface area contributed by atoms with Gasteiger partial charge < -0.3 is 4.90 Å². The average Bonchev–Trinajstić information content (AvgIpc) is 2.73. The summed E-state index contributed by atoms with van der Waals surface area (Å²) in [6.07, 6.45) is 0. The molecule has 0 radical (unpaired) electrons. The molecule has 0 unspecified atom stereocenters. The minimum Gasteiger partial charge on any atom is -0.338 e. The summed E-state index contributed by atoms with van der Waals surface area (Å²) in [7, 11) is 0. The van der Waals surface area contributed by atoms with E-state index in [0.717, 1.165) is 9.25 Å². The Hall–Kier alpha value is -3.26. The van der Waals surface area contributed by atoms with Crippen molar-refractivity contribution in [3.8, 4) is 5.69 Å². The zero-order chi connectivity index (χ0) is 21.8. The fourth-order valence-corrected chi connectivity index (χ4v) is 3.26. The first-order chi connectivity index (χ1) is 14.4. The Kier molecular flexibility index (Phi) is 6.47. The molecule has 0 aliphatic rings. The Morgan fingerprint density at radius 3 is 2.43 bits per heavy atom. The highest BCUT2D eigenvalue weighted by molar-refractivity contribution is 6.30. The molecule has 1 heterocycles. The first-order valence-corrected chi connectivity index (χ1v) is 9.78. The molecule has 7 nitrogen and oxygen atoms in total. The van der Waals surface area contributed by atoms with Crippen molar-refractivity contribution in [3.63, 3.8) is 0 Å². The predicted octanol–water partition coefficient (Wildman–Crippen LogP) is 2.72. The normalized spacial score (nSPS) is 10.8. The molecule has 0 bridgehead atoms. The van der Waals surface area contributed by atoms with Gasteiger partial charge in [-0.15, -0.1) is 0 Å². The summed E-state index contributed by atoms with van der Waals surface area (Å²) in [6, 6.07) is 12.2. The summed E-state index contributed by atoms with van der Waals surface area (Å²) in [4.78, 5) is 40.4. The Balaban J connectivity index is 2.27. The van der Waals surface area contributed by atoms with Crippen molar-refractivity contribution in [3.05, 3.63) is 91.5 Å². The molecule has 156 valence electrons. The van der Waals surface area contributed by atoms with Gasteiger partial charge in [-0.05, 0) is 43.7 Å². The third kappa shape index (κ3) is 4.18. The van der Waals surface area contributed by atoms with Crippen molar-refractivity contribution in [1.82, 2.24) is 19.2 Å². The van der Waals surface area contributed by atoms with Gasteiger partial charge in [-0.2, -0.15) is 9.78 Å². The van der Waals surface area contributed by atoms with Crippen molar-refractivity contribution >= 4 is 17.5 Å². The van der Waals surface area contributed by atoms with Crippen LogP contribution in [0.3, 0.4) is 0 Å². The second-order valence-electron chi connectivity index (χ2n) is 6.49. The van der Waals surface area contributed by atoms with Gasteiger partial charge in [0.15, 0.2) is 0 Å². The lowest BCUT2D eigenvalue weighted by Crippen LogP contribution is -2.47. The maximum Gasteiger partial charge on any atom is 0.352 e. The number of nitrogens with zero attached hydrogens (tertiary/aromatic N) is 4. The van der Waals surface area contributed by atoms with Crippen LogP contribution in [0.25, 0.3) is 5.69 Å². The van der Waals surface area contributed by atoms with Gasteiger partial charge in [-0.25, -0.2) is 9.18 Å². The molecule has 1 amide bonds. The topological polar surface area (TPSA) is 77.2 Å². The largest absolute Gasteiger partial charge is 0.352 e. The van der Waals surface area contributed by atoms with Crippen molar-refractivity contribution in [2.24, 2.45) is 0 Å².